The van der Waals surface area contributed by atoms with Gasteiger partial charge in [-0.05, 0) is 93.8 Å². The number of rotatable bonds is 8. The van der Waals surface area contributed by atoms with E-state index in [4.69, 9.17) is 20.7 Å². The van der Waals surface area contributed by atoms with Crippen molar-refractivity contribution < 1.29 is 25.9 Å². The van der Waals surface area contributed by atoms with Gasteiger partial charge in [-0.25, -0.2) is 0 Å². The zero-order valence-electron chi connectivity index (χ0n) is 33.6. The van der Waals surface area contributed by atoms with Gasteiger partial charge in [-0.3, -0.25) is 9.11 Å². The van der Waals surface area contributed by atoms with E-state index in [-0.39, 0.29) is 10.8 Å². The Hall–Kier alpha value is -4.70. The SMILES string of the molecule is CN(C)CCCN1c2ccccc2Sc2ccc(Cl)cc21.CN1CCc2c(c3ccccc3n2Cc2ccccc2)C1.O=S(=O)(O)c1cccc2c(S(=O)(=O)O)cccc12. The van der Waals surface area contributed by atoms with Gasteiger partial charge < -0.3 is 19.3 Å². The predicted octanol–water partition coefficient (Wildman–Crippen LogP) is 9.91. The summed E-state index contributed by atoms with van der Waals surface area (Å²) < 4.78 is 65.2. The fraction of sp³-hybridized carbons (Fsp3) is 0.217. The van der Waals surface area contributed by atoms with E-state index in [9.17, 15) is 16.8 Å². The Bertz CT molecular complexity index is 2800. The van der Waals surface area contributed by atoms with Gasteiger partial charge in [0.25, 0.3) is 20.2 Å². The fourth-order valence-electron chi connectivity index (χ4n) is 7.77. The highest BCUT2D eigenvalue weighted by Gasteiger charge is 2.24. The van der Waals surface area contributed by atoms with Crippen LogP contribution < -0.4 is 4.90 Å². The number of anilines is 2. The molecule has 60 heavy (non-hydrogen) atoms. The smallest absolute Gasteiger partial charge is 0.295 e. The first-order valence-electron chi connectivity index (χ1n) is 19.5. The third-order valence-corrected chi connectivity index (χ3v) is 13.7. The number of hydrogen-bond acceptors (Lipinski definition) is 8. The first-order chi connectivity index (χ1) is 28.7. The van der Waals surface area contributed by atoms with E-state index in [2.05, 4.69) is 131 Å². The molecule has 0 atom stereocenters. The fourth-order valence-corrected chi connectivity index (χ4v) is 10.4. The number of nitrogens with zero attached hydrogens (tertiary/aromatic N) is 4. The second-order valence-electron chi connectivity index (χ2n) is 15.0. The highest BCUT2D eigenvalue weighted by Crippen LogP contribution is 2.48. The molecule has 14 heteroatoms. The van der Waals surface area contributed by atoms with Crippen molar-refractivity contribution in [3.05, 3.63) is 155 Å². The van der Waals surface area contributed by atoms with Crippen LogP contribution in [0.4, 0.5) is 11.4 Å². The Morgan fingerprint density at radius 1 is 0.700 bits per heavy atom. The van der Waals surface area contributed by atoms with Crippen LogP contribution in [-0.4, -0.2) is 81.1 Å². The summed E-state index contributed by atoms with van der Waals surface area (Å²) in [5, 5.41) is 2.27. The molecule has 0 spiro atoms. The van der Waals surface area contributed by atoms with E-state index in [1.54, 1.807) is 0 Å². The van der Waals surface area contributed by atoms with Crippen molar-refractivity contribution in [2.45, 2.75) is 45.5 Å². The minimum Gasteiger partial charge on any atom is -0.340 e. The molecule has 7 aromatic rings. The van der Waals surface area contributed by atoms with Crippen LogP contribution in [0.1, 0.15) is 23.2 Å². The number of fused-ring (bicyclic) bond motifs is 6. The van der Waals surface area contributed by atoms with E-state index in [1.165, 1.54) is 73.2 Å². The molecule has 2 aliphatic heterocycles. The van der Waals surface area contributed by atoms with E-state index in [0.717, 1.165) is 62.7 Å². The van der Waals surface area contributed by atoms with Crippen LogP contribution in [0.3, 0.4) is 0 Å². The summed E-state index contributed by atoms with van der Waals surface area (Å²) in [6.07, 6.45) is 2.27. The minimum atomic E-state index is -4.47. The molecule has 0 fully saturated rings. The first-order valence-corrected chi connectivity index (χ1v) is 23.5. The molecule has 0 saturated heterocycles. The molecule has 6 aromatic carbocycles. The Kier molecular flexibility index (Phi) is 13.4. The van der Waals surface area contributed by atoms with Crippen LogP contribution in [-0.2, 0) is 39.7 Å². The van der Waals surface area contributed by atoms with Crippen molar-refractivity contribution in [3.8, 4) is 0 Å². The Labute approximate surface area is 361 Å². The van der Waals surface area contributed by atoms with Gasteiger partial charge in [0.2, 0.25) is 0 Å². The molecule has 3 heterocycles. The van der Waals surface area contributed by atoms with Gasteiger partial charge in [0, 0.05) is 74.8 Å². The van der Waals surface area contributed by atoms with Crippen molar-refractivity contribution in [2.75, 3.05) is 45.7 Å². The van der Waals surface area contributed by atoms with Gasteiger partial charge >= 0.3 is 0 Å². The summed E-state index contributed by atoms with van der Waals surface area (Å²) in [7, 11) is -2.49. The van der Waals surface area contributed by atoms with Crippen molar-refractivity contribution in [2.24, 2.45) is 0 Å². The number of hydrogen-bond donors (Lipinski definition) is 2. The average Bonchev–Trinajstić information content (AvgIpc) is 3.52. The van der Waals surface area contributed by atoms with Gasteiger partial charge in [-0.15, -0.1) is 0 Å². The molecule has 0 aliphatic carbocycles. The molecule has 10 nitrogen and oxygen atoms in total. The second kappa shape index (κ2) is 18.5. The van der Waals surface area contributed by atoms with Gasteiger partial charge in [0.15, 0.2) is 0 Å². The molecule has 1 aromatic heterocycles. The summed E-state index contributed by atoms with van der Waals surface area (Å²) in [5.41, 5.74) is 8.32. The van der Waals surface area contributed by atoms with E-state index in [1.807, 2.05) is 17.8 Å². The third kappa shape index (κ3) is 9.91. The highest BCUT2D eigenvalue weighted by molar-refractivity contribution is 7.99. The standard InChI is InChI=1S/C19H20N2.C17H19ClN2S.C10H8O6S2/c1-20-12-11-19-17(14-20)16-9-5-6-10-18(16)21(19)13-15-7-3-2-4-8-15;1-19(2)10-5-11-20-14-6-3-4-7-16(14)21-17-9-8-13(18)12-15(17)20;11-17(12,13)9-5-1-3-7-8(9)4-2-6-10(7)18(14,15)16/h2-10H,11-14H2,1H3;3-4,6-9,12H,5,10-11H2,1-2H3;1-6H,(H,11,12,13)(H,14,15,16). The Morgan fingerprint density at radius 2 is 1.30 bits per heavy atom. The van der Waals surface area contributed by atoms with Crippen LogP contribution in [0.25, 0.3) is 21.7 Å². The lowest BCUT2D eigenvalue weighted by Crippen LogP contribution is -2.27. The molecular formula is C46H47ClN4O6S3. The molecule has 2 aliphatic rings. The van der Waals surface area contributed by atoms with Gasteiger partial charge in [-0.1, -0.05) is 108 Å². The van der Waals surface area contributed by atoms with Crippen molar-refractivity contribution in [1.82, 2.24) is 14.4 Å². The van der Waals surface area contributed by atoms with E-state index in [0.29, 0.717) is 0 Å². The summed E-state index contributed by atoms with van der Waals surface area (Å²) in [4.78, 5) is 8.82. The second-order valence-corrected chi connectivity index (χ2v) is 19.3. The third-order valence-electron chi connectivity index (χ3n) is 10.5. The predicted molar refractivity (Wildman–Crippen MR) is 243 cm³/mol. The number of aromatic nitrogens is 1. The van der Waals surface area contributed by atoms with Crippen LogP contribution in [0.5, 0.6) is 0 Å². The zero-order chi connectivity index (χ0) is 42.6. The van der Waals surface area contributed by atoms with Crippen LogP contribution >= 0.6 is 23.4 Å². The normalized spacial score (nSPS) is 13.8. The molecule has 0 radical (unpaired) electrons. The lowest BCUT2D eigenvalue weighted by atomic mass is 10.1. The van der Waals surface area contributed by atoms with Gasteiger partial charge in [0.05, 0.1) is 11.4 Å². The quantitative estimate of drug-likeness (QED) is 0.143. The summed E-state index contributed by atoms with van der Waals surface area (Å²) in [6, 6.07) is 41.9. The highest BCUT2D eigenvalue weighted by atomic mass is 35.5. The number of halogens is 1. The molecule has 2 N–H and O–H groups in total. The lowest BCUT2D eigenvalue weighted by Gasteiger charge is -2.33. The Morgan fingerprint density at radius 3 is 1.97 bits per heavy atom. The first kappa shape index (κ1) is 43.4. The van der Waals surface area contributed by atoms with E-state index >= 15 is 0 Å². The van der Waals surface area contributed by atoms with Gasteiger partial charge in [-0.2, -0.15) is 16.8 Å². The van der Waals surface area contributed by atoms with Crippen LogP contribution in [0.15, 0.2) is 153 Å². The largest absolute Gasteiger partial charge is 0.340 e. The molecule has 312 valence electrons. The van der Waals surface area contributed by atoms with Crippen molar-refractivity contribution in [3.63, 3.8) is 0 Å². The monoisotopic (exact) mass is 882 g/mol. The number of para-hydroxylation sites is 2. The molecular weight excluding hydrogens is 836 g/mol. The topological polar surface area (TPSA) is 123 Å². The summed E-state index contributed by atoms with van der Waals surface area (Å²) in [5.74, 6) is 0. The molecule has 0 bridgehead atoms. The Balaban J connectivity index is 0.000000137. The maximum absolute atomic E-state index is 11.2. The van der Waals surface area contributed by atoms with Crippen LogP contribution in [0.2, 0.25) is 5.02 Å². The molecule has 0 saturated carbocycles. The van der Waals surface area contributed by atoms with Crippen molar-refractivity contribution >= 4 is 76.6 Å². The molecule has 0 amide bonds. The minimum absolute atomic E-state index is 0.0233. The zero-order valence-corrected chi connectivity index (χ0v) is 36.8. The lowest BCUT2D eigenvalue weighted by molar-refractivity contribution is 0.310. The molecule has 9 rings (SSSR count). The average molecular weight is 884 g/mol. The number of likely N-dealkylation sites (N-methyl/N-ethyl adjacent to an activating group) is 1. The maximum atomic E-state index is 11.2. The van der Waals surface area contributed by atoms with E-state index < -0.39 is 30.0 Å². The maximum Gasteiger partial charge on any atom is 0.295 e. The van der Waals surface area contributed by atoms with Gasteiger partial charge in [0.1, 0.15) is 9.79 Å². The van der Waals surface area contributed by atoms with Crippen LogP contribution in [0, 0.1) is 0 Å². The summed E-state index contributed by atoms with van der Waals surface area (Å²) >= 11 is 8.03. The molecule has 0 unspecified atom stereocenters. The van der Waals surface area contributed by atoms with Crippen molar-refractivity contribution in [1.29, 1.82) is 0 Å². The number of benzene rings is 6. The summed E-state index contributed by atoms with van der Waals surface area (Å²) in [6.45, 7) is 5.28.